The molecule has 1 unspecified atom stereocenters. The number of likely N-dealkylation sites (N-methyl/N-ethyl adjacent to an activating group) is 1. The van der Waals surface area contributed by atoms with Gasteiger partial charge in [0.2, 0.25) is 0 Å². The van der Waals surface area contributed by atoms with E-state index >= 15 is 0 Å². The Balaban J connectivity index is 1.91. The Hall–Kier alpha value is -1.42. The molecule has 21 heavy (non-hydrogen) atoms. The molecular formula is C17H17ClN2S. The number of rotatable bonds is 4. The average molecular weight is 317 g/mol. The van der Waals surface area contributed by atoms with Crippen molar-refractivity contribution in [2.45, 2.75) is 19.4 Å². The lowest BCUT2D eigenvalue weighted by atomic mass is 9.99. The van der Waals surface area contributed by atoms with Crippen LogP contribution in [0.15, 0.2) is 42.5 Å². The van der Waals surface area contributed by atoms with Gasteiger partial charge in [0.05, 0.1) is 15.2 Å². The van der Waals surface area contributed by atoms with Gasteiger partial charge in [0, 0.05) is 17.5 Å². The fraction of sp³-hybridized carbons (Fsp3) is 0.235. The maximum Gasteiger partial charge on any atom is 0.0957 e. The maximum absolute atomic E-state index is 6.14. The Morgan fingerprint density at radius 2 is 2.05 bits per heavy atom. The normalized spacial score (nSPS) is 12.7. The molecule has 0 fully saturated rings. The van der Waals surface area contributed by atoms with Crippen LogP contribution in [0.1, 0.15) is 22.2 Å². The van der Waals surface area contributed by atoms with Crippen LogP contribution >= 0.6 is 22.9 Å². The zero-order valence-corrected chi connectivity index (χ0v) is 13.6. The molecular weight excluding hydrogens is 300 g/mol. The molecule has 108 valence electrons. The van der Waals surface area contributed by atoms with Gasteiger partial charge in [0.15, 0.2) is 0 Å². The molecule has 0 saturated heterocycles. The van der Waals surface area contributed by atoms with E-state index in [1.807, 2.05) is 25.2 Å². The number of halogens is 1. The fourth-order valence-electron chi connectivity index (χ4n) is 2.54. The highest BCUT2D eigenvalue weighted by atomic mass is 35.5. The van der Waals surface area contributed by atoms with Gasteiger partial charge in [-0.05, 0) is 49.4 Å². The molecule has 2 aromatic carbocycles. The summed E-state index contributed by atoms with van der Waals surface area (Å²) in [5.41, 5.74) is 3.57. The van der Waals surface area contributed by atoms with Gasteiger partial charge in [-0.1, -0.05) is 29.8 Å². The third-order valence-electron chi connectivity index (χ3n) is 3.68. The monoisotopic (exact) mass is 316 g/mol. The summed E-state index contributed by atoms with van der Waals surface area (Å²) in [7, 11) is 1.98. The fourth-order valence-corrected chi connectivity index (χ4v) is 3.73. The van der Waals surface area contributed by atoms with Crippen LogP contribution < -0.4 is 5.32 Å². The van der Waals surface area contributed by atoms with E-state index in [2.05, 4.69) is 36.5 Å². The smallest absolute Gasteiger partial charge is 0.0957 e. The van der Waals surface area contributed by atoms with Crippen molar-refractivity contribution >= 4 is 33.2 Å². The molecule has 0 spiro atoms. The second-order valence-corrected chi connectivity index (χ2v) is 6.67. The van der Waals surface area contributed by atoms with Gasteiger partial charge in [-0.15, -0.1) is 11.3 Å². The Bertz CT molecular complexity index is 733. The summed E-state index contributed by atoms with van der Waals surface area (Å²) in [5, 5.41) is 5.31. The van der Waals surface area contributed by atoms with Gasteiger partial charge in [-0.25, -0.2) is 4.98 Å². The van der Waals surface area contributed by atoms with Crippen molar-refractivity contribution in [2.24, 2.45) is 0 Å². The predicted molar refractivity (Wildman–Crippen MR) is 91.3 cm³/mol. The average Bonchev–Trinajstić information content (AvgIpc) is 2.90. The Labute approximate surface area is 133 Å². The van der Waals surface area contributed by atoms with Crippen molar-refractivity contribution in [3.8, 4) is 0 Å². The lowest BCUT2D eigenvalue weighted by Crippen LogP contribution is -2.19. The van der Waals surface area contributed by atoms with Crippen molar-refractivity contribution in [1.82, 2.24) is 10.3 Å². The molecule has 1 N–H and O–H groups in total. The maximum atomic E-state index is 6.14. The molecule has 3 aromatic rings. The molecule has 4 heteroatoms. The molecule has 0 saturated carbocycles. The van der Waals surface area contributed by atoms with Gasteiger partial charge in [-0.2, -0.15) is 0 Å². The lowest BCUT2D eigenvalue weighted by molar-refractivity contribution is 0.588. The first-order chi connectivity index (χ1) is 10.2. The van der Waals surface area contributed by atoms with E-state index in [-0.39, 0.29) is 6.04 Å². The largest absolute Gasteiger partial charge is 0.313 e. The number of para-hydroxylation sites is 1. The van der Waals surface area contributed by atoms with E-state index in [0.717, 1.165) is 22.0 Å². The van der Waals surface area contributed by atoms with E-state index in [1.165, 1.54) is 15.8 Å². The van der Waals surface area contributed by atoms with Crippen LogP contribution in [0.25, 0.3) is 10.2 Å². The number of hydrogen-bond donors (Lipinski definition) is 1. The number of nitrogens with zero attached hydrogens (tertiary/aromatic N) is 1. The van der Waals surface area contributed by atoms with Crippen molar-refractivity contribution in [3.05, 3.63) is 63.6 Å². The van der Waals surface area contributed by atoms with E-state index < -0.39 is 0 Å². The zero-order valence-electron chi connectivity index (χ0n) is 12.1. The van der Waals surface area contributed by atoms with Crippen molar-refractivity contribution in [2.75, 3.05) is 7.05 Å². The summed E-state index contributed by atoms with van der Waals surface area (Å²) >= 11 is 7.91. The van der Waals surface area contributed by atoms with Crippen LogP contribution in [0.3, 0.4) is 0 Å². The minimum atomic E-state index is 0.226. The highest BCUT2D eigenvalue weighted by Gasteiger charge is 2.15. The molecule has 1 atom stereocenters. The number of thiazole rings is 1. The molecule has 0 aliphatic heterocycles. The van der Waals surface area contributed by atoms with Gasteiger partial charge in [0.25, 0.3) is 0 Å². The molecule has 2 nitrogen and oxygen atoms in total. The highest BCUT2D eigenvalue weighted by Crippen LogP contribution is 2.28. The van der Waals surface area contributed by atoms with Crippen LogP contribution in [-0.4, -0.2) is 12.0 Å². The molecule has 0 radical (unpaired) electrons. The quantitative estimate of drug-likeness (QED) is 0.750. The standard InChI is InChI=1S/C17H17ClN2S/c1-11-7-8-12(18)9-13(11)15(19-2)10-17-20-14-5-3-4-6-16(14)21-17/h3-9,15,19H,10H2,1-2H3. The summed E-state index contributed by atoms with van der Waals surface area (Å²) in [4.78, 5) is 4.72. The lowest BCUT2D eigenvalue weighted by Gasteiger charge is -2.18. The Kier molecular flexibility index (Phi) is 4.24. The molecule has 0 bridgehead atoms. The summed E-state index contributed by atoms with van der Waals surface area (Å²) in [5.74, 6) is 0. The topological polar surface area (TPSA) is 24.9 Å². The van der Waals surface area contributed by atoms with Crippen LogP contribution in [-0.2, 0) is 6.42 Å². The number of benzene rings is 2. The summed E-state index contributed by atoms with van der Waals surface area (Å²) in [6.45, 7) is 2.12. The number of fused-ring (bicyclic) bond motifs is 1. The second kappa shape index (κ2) is 6.14. The number of aryl methyl sites for hydroxylation is 1. The Morgan fingerprint density at radius 3 is 2.81 bits per heavy atom. The SMILES string of the molecule is CNC(Cc1nc2ccccc2s1)c1cc(Cl)ccc1C. The van der Waals surface area contributed by atoms with Crippen LogP contribution in [0.4, 0.5) is 0 Å². The Morgan fingerprint density at radius 1 is 1.24 bits per heavy atom. The van der Waals surface area contributed by atoms with Crippen LogP contribution in [0.2, 0.25) is 5.02 Å². The van der Waals surface area contributed by atoms with Crippen LogP contribution in [0, 0.1) is 6.92 Å². The van der Waals surface area contributed by atoms with E-state index in [9.17, 15) is 0 Å². The minimum absolute atomic E-state index is 0.226. The highest BCUT2D eigenvalue weighted by molar-refractivity contribution is 7.18. The number of aromatic nitrogens is 1. The third-order valence-corrected chi connectivity index (χ3v) is 4.98. The van der Waals surface area contributed by atoms with Gasteiger partial charge in [-0.3, -0.25) is 0 Å². The summed E-state index contributed by atoms with van der Waals surface area (Å²) in [6, 6.07) is 14.5. The first-order valence-corrected chi connectivity index (χ1v) is 8.14. The van der Waals surface area contributed by atoms with Crippen LogP contribution in [0.5, 0.6) is 0 Å². The molecule has 0 aliphatic rings. The molecule has 1 aromatic heterocycles. The van der Waals surface area contributed by atoms with Gasteiger partial charge >= 0.3 is 0 Å². The van der Waals surface area contributed by atoms with E-state index in [4.69, 9.17) is 16.6 Å². The number of nitrogens with one attached hydrogen (secondary N) is 1. The first kappa shape index (κ1) is 14.5. The third kappa shape index (κ3) is 3.10. The summed E-state index contributed by atoms with van der Waals surface area (Å²) < 4.78 is 1.24. The zero-order chi connectivity index (χ0) is 14.8. The molecule has 0 aliphatic carbocycles. The second-order valence-electron chi connectivity index (χ2n) is 5.12. The summed E-state index contributed by atoms with van der Waals surface area (Å²) in [6.07, 6.45) is 0.872. The van der Waals surface area contributed by atoms with Gasteiger partial charge < -0.3 is 5.32 Å². The number of hydrogen-bond acceptors (Lipinski definition) is 3. The minimum Gasteiger partial charge on any atom is -0.313 e. The van der Waals surface area contributed by atoms with E-state index in [0.29, 0.717) is 0 Å². The molecule has 0 amide bonds. The van der Waals surface area contributed by atoms with Crippen molar-refractivity contribution in [3.63, 3.8) is 0 Å². The van der Waals surface area contributed by atoms with Crippen molar-refractivity contribution in [1.29, 1.82) is 0 Å². The molecule has 1 heterocycles. The van der Waals surface area contributed by atoms with E-state index in [1.54, 1.807) is 11.3 Å². The predicted octanol–water partition coefficient (Wildman–Crippen LogP) is 4.76. The van der Waals surface area contributed by atoms with Crippen molar-refractivity contribution < 1.29 is 0 Å². The first-order valence-electron chi connectivity index (χ1n) is 6.95. The molecule has 3 rings (SSSR count). The van der Waals surface area contributed by atoms with Gasteiger partial charge in [0.1, 0.15) is 0 Å².